The van der Waals surface area contributed by atoms with E-state index in [9.17, 15) is 24.4 Å². The maximum Gasteiger partial charge on any atom is 0.330 e. The molecule has 11 heteroatoms. The molecule has 2 amide bonds. The molecule has 0 aromatic rings. The van der Waals surface area contributed by atoms with Crippen LogP contribution in [-0.2, 0) is 28.7 Å². The van der Waals surface area contributed by atoms with Crippen molar-refractivity contribution in [1.29, 1.82) is 0 Å². The molecule has 8 atom stereocenters. The summed E-state index contributed by atoms with van der Waals surface area (Å²) in [6.45, 7) is 6.87. The second kappa shape index (κ2) is 9.55. The first kappa shape index (κ1) is 26.7. The Hall–Kier alpha value is -2.50. The van der Waals surface area contributed by atoms with E-state index in [1.807, 2.05) is 13.8 Å². The van der Waals surface area contributed by atoms with Crippen molar-refractivity contribution in [2.45, 2.75) is 128 Å². The lowest BCUT2D eigenvalue weighted by Crippen LogP contribution is -2.71. The van der Waals surface area contributed by atoms with Crippen LogP contribution in [0.4, 0.5) is 0 Å². The van der Waals surface area contributed by atoms with E-state index in [1.165, 1.54) is 6.92 Å². The quantitative estimate of drug-likeness (QED) is 0.511. The van der Waals surface area contributed by atoms with Crippen LogP contribution >= 0.6 is 0 Å². The van der Waals surface area contributed by atoms with Crippen molar-refractivity contribution in [2.75, 3.05) is 0 Å². The van der Waals surface area contributed by atoms with Crippen LogP contribution in [0.25, 0.3) is 0 Å². The fraction of sp³-hybridized carbons (Fsp3) is 0.786. The van der Waals surface area contributed by atoms with Crippen LogP contribution < -0.4 is 5.32 Å². The molecule has 1 spiro atoms. The first-order valence-electron chi connectivity index (χ1n) is 14.6. The van der Waals surface area contributed by atoms with Gasteiger partial charge >= 0.3 is 11.9 Å². The summed E-state index contributed by atoms with van der Waals surface area (Å²) in [5.41, 5.74) is 0.509. The molecule has 0 bridgehead atoms. The first-order chi connectivity index (χ1) is 18.6. The van der Waals surface area contributed by atoms with Crippen LogP contribution in [0.15, 0.2) is 11.3 Å². The predicted octanol–water partition coefficient (Wildman–Crippen LogP) is 2.03. The Labute approximate surface area is 228 Å². The number of esters is 2. The summed E-state index contributed by atoms with van der Waals surface area (Å²) in [4.78, 5) is 56.6. The van der Waals surface area contributed by atoms with Crippen molar-refractivity contribution >= 4 is 23.8 Å². The molecule has 39 heavy (non-hydrogen) atoms. The van der Waals surface area contributed by atoms with Crippen LogP contribution in [0.2, 0.25) is 0 Å². The third kappa shape index (κ3) is 3.87. The molecule has 0 aromatic heterocycles. The third-order valence-electron chi connectivity index (χ3n) is 9.82. The Morgan fingerprint density at radius 1 is 1.10 bits per heavy atom. The van der Waals surface area contributed by atoms with Crippen molar-refractivity contribution in [3.63, 3.8) is 0 Å². The summed E-state index contributed by atoms with van der Waals surface area (Å²) in [7, 11) is 0. The topological polar surface area (TPSA) is 129 Å². The summed E-state index contributed by atoms with van der Waals surface area (Å²) in [6.07, 6.45) is 4.62. The van der Waals surface area contributed by atoms with Gasteiger partial charge in [0.05, 0.1) is 5.92 Å². The smallest absolute Gasteiger partial charge is 0.330 e. The van der Waals surface area contributed by atoms with Gasteiger partial charge in [-0.25, -0.2) is 4.79 Å². The zero-order valence-corrected chi connectivity index (χ0v) is 23.2. The minimum Gasteiger partial charge on any atom is -0.459 e. The largest absolute Gasteiger partial charge is 0.459 e. The number of carbonyl (C=O) groups is 4. The molecule has 6 aliphatic rings. The molecule has 2 aliphatic carbocycles. The molecule has 3 saturated heterocycles. The van der Waals surface area contributed by atoms with Crippen molar-refractivity contribution in [3.8, 4) is 0 Å². The van der Waals surface area contributed by atoms with Gasteiger partial charge in [0.25, 0.3) is 0 Å². The predicted molar refractivity (Wildman–Crippen MR) is 136 cm³/mol. The molecular formula is C28H40N4O7. The summed E-state index contributed by atoms with van der Waals surface area (Å²) in [6, 6.07) is -1.75. The molecule has 0 aromatic carbocycles. The highest BCUT2D eigenvalue weighted by molar-refractivity contribution is 5.91. The molecule has 3 unspecified atom stereocenters. The summed E-state index contributed by atoms with van der Waals surface area (Å²) >= 11 is 0. The zero-order valence-electron chi connectivity index (χ0n) is 23.2. The van der Waals surface area contributed by atoms with Crippen LogP contribution in [-0.4, -0.2) is 86.0 Å². The van der Waals surface area contributed by atoms with Gasteiger partial charge in [0.1, 0.15) is 24.4 Å². The molecule has 4 fully saturated rings. The van der Waals surface area contributed by atoms with Gasteiger partial charge in [-0.3, -0.25) is 24.6 Å². The lowest BCUT2D eigenvalue weighted by atomic mass is 9.79. The summed E-state index contributed by atoms with van der Waals surface area (Å²) in [5, 5.41) is 15.7. The monoisotopic (exact) mass is 544 g/mol. The number of hydrogen-bond acceptors (Lipinski definition) is 9. The van der Waals surface area contributed by atoms with Gasteiger partial charge in [0, 0.05) is 25.1 Å². The Bertz CT molecular complexity index is 1120. The maximum atomic E-state index is 14.2. The highest BCUT2D eigenvalue weighted by Crippen LogP contribution is 2.55. The molecule has 4 heterocycles. The fourth-order valence-corrected chi connectivity index (χ4v) is 8.06. The van der Waals surface area contributed by atoms with Crippen molar-refractivity contribution in [2.24, 2.45) is 11.8 Å². The van der Waals surface area contributed by atoms with Gasteiger partial charge in [-0.2, -0.15) is 5.06 Å². The third-order valence-corrected chi connectivity index (χ3v) is 9.82. The number of ether oxygens (including phenoxy) is 2. The van der Waals surface area contributed by atoms with Gasteiger partial charge in [0.15, 0.2) is 11.8 Å². The molecular weight excluding hydrogens is 504 g/mol. The van der Waals surface area contributed by atoms with Gasteiger partial charge in [-0.15, -0.1) is 0 Å². The van der Waals surface area contributed by atoms with Crippen LogP contribution in [0.3, 0.4) is 0 Å². The molecule has 2 N–H and O–H groups in total. The SMILES string of the molecule is CC(=O)O[C@H](C(C)C)C1NC2CCCCC2C(=O)N1[C@@H]1C[C@@]2(OC1=O)C1=C(CCCC1)N1C(=O)[C@H](C)N(O)[C@@H]12. The number of nitrogens with one attached hydrogen (secondary N) is 1. The molecule has 1 saturated carbocycles. The van der Waals surface area contributed by atoms with Crippen LogP contribution in [0.1, 0.15) is 85.5 Å². The number of amides is 2. The number of fused-ring (bicyclic) bond motifs is 5. The van der Waals surface area contributed by atoms with Crippen LogP contribution in [0.5, 0.6) is 0 Å². The highest BCUT2D eigenvalue weighted by atomic mass is 16.6. The second-order valence-corrected chi connectivity index (χ2v) is 12.5. The average Bonchev–Trinajstić information content (AvgIpc) is 3.47. The second-order valence-electron chi connectivity index (χ2n) is 12.5. The molecule has 11 nitrogen and oxygen atoms in total. The van der Waals surface area contributed by atoms with Gasteiger partial charge in [-0.05, 0) is 56.9 Å². The zero-order chi connectivity index (χ0) is 27.8. The number of hydrogen-bond donors (Lipinski definition) is 2. The minimum absolute atomic E-state index is 0.0495. The minimum atomic E-state index is -1.23. The lowest BCUT2D eigenvalue weighted by Gasteiger charge is -2.50. The van der Waals surface area contributed by atoms with E-state index >= 15 is 0 Å². The van der Waals surface area contributed by atoms with E-state index in [1.54, 1.807) is 16.7 Å². The van der Waals surface area contributed by atoms with Gasteiger partial charge < -0.3 is 19.6 Å². The Kier molecular flexibility index (Phi) is 6.54. The van der Waals surface area contributed by atoms with E-state index in [0.29, 0.717) is 12.8 Å². The molecule has 6 rings (SSSR count). The first-order valence-corrected chi connectivity index (χ1v) is 14.6. The molecule has 4 aliphatic heterocycles. The summed E-state index contributed by atoms with van der Waals surface area (Å²) < 4.78 is 12.0. The molecule has 214 valence electrons. The van der Waals surface area contributed by atoms with E-state index in [2.05, 4.69) is 5.32 Å². The van der Waals surface area contributed by atoms with E-state index in [4.69, 9.17) is 9.47 Å². The van der Waals surface area contributed by atoms with Gasteiger partial charge in [-0.1, -0.05) is 26.7 Å². The van der Waals surface area contributed by atoms with E-state index < -0.39 is 48.1 Å². The number of allylic oxidation sites excluding steroid dienone is 1. The van der Waals surface area contributed by atoms with Crippen molar-refractivity contribution in [1.82, 2.24) is 20.2 Å². The number of carbonyl (C=O) groups excluding carboxylic acids is 4. The standard InChI is InChI=1S/C28H40N4O7/c1-14(2)22(38-16(4)33)23-29-19-11-7-5-9-17(19)25(35)30(23)21-13-28(39-26(21)36)18-10-6-8-12-20(18)31-24(34)15(3)32(37)27(28)31/h14-15,17,19,21-23,27,29,37H,5-13H2,1-4H3/t15-,17?,19?,21+,22+,23?,27+,28+/m0/s1. The average molecular weight is 545 g/mol. The normalized spacial score (nSPS) is 39.3. The lowest BCUT2D eigenvalue weighted by molar-refractivity contribution is -0.193. The fourth-order valence-electron chi connectivity index (χ4n) is 8.06. The van der Waals surface area contributed by atoms with Crippen molar-refractivity contribution in [3.05, 3.63) is 11.3 Å². The van der Waals surface area contributed by atoms with Gasteiger partial charge in [0.2, 0.25) is 11.8 Å². The maximum absolute atomic E-state index is 14.2. The van der Waals surface area contributed by atoms with E-state index in [0.717, 1.165) is 54.9 Å². The number of rotatable bonds is 4. The van der Waals surface area contributed by atoms with Crippen LogP contribution in [0, 0.1) is 11.8 Å². The Morgan fingerprint density at radius 3 is 2.54 bits per heavy atom. The Morgan fingerprint density at radius 2 is 1.82 bits per heavy atom. The molecule has 0 radical (unpaired) electrons. The highest BCUT2D eigenvalue weighted by Gasteiger charge is 2.69. The number of nitrogens with zero attached hydrogens (tertiary/aromatic N) is 3. The number of hydroxylamine groups is 2. The van der Waals surface area contributed by atoms with Crippen molar-refractivity contribution < 1.29 is 33.9 Å². The Balaban J connectivity index is 1.41. The van der Waals surface area contributed by atoms with E-state index in [-0.39, 0.29) is 36.1 Å². The summed E-state index contributed by atoms with van der Waals surface area (Å²) in [5.74, 6) is -1.71.